The maximum atomic E-state index is 14.0. The van der Waals surface area contributed by atoms with Crippen molar-refractivity contribution >= 4 is 52.4 Å². The highest BCUT2D eigenvalue weighted by atomic mass is 35.5. The number of halogens is 7. The second-order valence-corrected chi connectivity index (χ2v) is 8.39. The minimum Gasteiger partial charge on any atom is -0.274 e. The van der Waals surface area contributed by atoms with Crippen LogP contribution in [-0.2, 0) is 17.1 Å². The van der Waals surface area contributed by atoms with Gasteiger partial charge >= 0.3 is 18.0 Å². The molecule has 0 aromatic heterocycles. The Kier molecular flexibility index (Phi) is 7.08. The molecular formula is C18H11ClF6N4O5S. The fraction of sp³-hybridized carbons (Fsp3) is 0.278. The lowest BCUT2D eigenvalue weighted by Crippen LogP contribution is -2.26. The molecule has 1 heterocycles. The molecule has 1 fully saturated rings. The molecule has 1 aliphatic rings. The van der Waals surface area contributed by atoms with E-state index >= 15 is 0 Å². The third kappa shape index (κ3) is 5.53. The van der Waals surface area contributed by atoms with Crippen LogP contribution in [0.2, 0.25) is 5.02 Å². The van der Waals surface area contributed by atoms with Gasteiger partial charge in [0.1, 0.15) is 5.69 Å². The monoisotopic (exact) mass is 544 g/mol. The highest BCUT2D eigenvalue weighted by molar-refractivity contribution is 7.99. The molecular weight excluding hydrogens is 534 g/mol. The van der Waals surface area contributed by atoms with Crippen molar-refractivity contribution < 1.29 is 41.0 Å². The third-order valence-corrected chi connectivity index (χ3v) is 6.14. The molecule has 0 bridgehead atoms. The number of carbonyl (C=O) groups excluding carboxylic acids is 1. The number of hydrogen-bond acceptors (Lipinski definition) is 7. The Balaban J connectivity index is 2.40. The predicted octanol–water partition coefficient (Wildman–Crippen LogP) is 6.52. The Morgan fingerprint density at radius 1 is 1.00 bits per heavy atom. The van der Waals surface area contributed by atoms with Gasteiger partial charge in [-0.15, -0.1) is 0 Å². The lowest BCUT2D eigenvalue weighted by Gasteiger charge is -2.30. The number of non-ortho nitro benzene ring substituents is 1. The van der Waals surface area contributed by atoms with Gasteiger partial charge < -0.3 is 0 Å². The Bertz CT molecular complexity index is 1210. The van der Waals surface area contributed by atoms with E-state index in [9.17, 15) is 51.4 Å². The van der Waals surface area contributed by atoms with Crippen LogP contribution in [0.5, 0.6) is 0 Å². The van der Waals surface area contributed by atoms with Crippen LogP contribution in [-0.4, -0.2) is 26.6 Å². The van der Waals surface area contributed by atoms with Gasteiger partial charge in [-0.3, -0.25) is 33.6 Å². The first-order valence-corrected chi connectivity index (χ1v) is 10.4. The van der Waals surface area contributed by atoms with E-state index < -0.39 is 67.0 Å². The van der Waals surface area contributed by atoms with Gasteiger partial charge in [-0.2, -0.15) is 26.3 Å². The lowest BCUT2D eigenvalue weighted by molar-refractivity contribution is -0.394. The van der Waals surface area contributed by atoms with Gasteiger partial charge in [0.2, 0.25) is 5.91 Å². The molecule has 188 valence electrons. The molecule has 0 N–H and O–H groups in total. The number of carbonyl (C=O) groups is 1. The van der Waals surface area contributed by atoms with Crippen molar-refractivity contribution in [1.82, 2.24) is 4.31 Å². The molecule has 9 nitrogen and oxygen atoms in total. The zero-order valence-corrected chi connectivity index (χ0v) is 18.5. The van der Waals surface area contributed by atoms with Crippen LogP contribution in [0.1, 0.15) is 24.0 Å². The van der Waals surface area contributed by atoms with Crippen LogP contribution in [0, 0.1) is 20.2 Å². The van der Waals surface area contributed by atoms with Crippen LogP contribution in [0.3, 0.4) is 0 Å². The SMILES string of the molecule is O=C1CCCN1SN(c1cc(C(F)(F)F)ccc1Cl)c1c([N+](=O)[O-])cc([N+](=O)[O-])cc1C(F)(F)F. The van der Waals surface area contributed by atoms with E-state index in [4.69, 9.17) is 11.6 Å². The van der Waals surface area contributed by atoms with Crippen molar-refractivity contribution in [3.8, 4) is 0 Å². The van der Waals surface area contributed by atoms with Crippen molar-refractivity contribution in [2.24, 2.45) is 0 Å². The van der Waals surface area contributed by atoms with Crippen molar-refractivity contribution in [2.45, 2.75) is 25.2 Å². The normalized spacial score (nSPS) is 14.4. The topological polar surface area (TPSA) is 110 Å². The van der Waals surface area contributed by atoms with Crippen molar-refractivity contribution in [3.63, 3.8) is 0 Å². The summed E-state index contributed by atoms with van der Waals surface area (Å²) < 4.78 is 83.3. The summed E-state index contributed by atoms with van der Waals surface area (Å²) in [6, 6.07) is 1.89. The number of nitro benzene ring substituents is 2. The molecule has 1 saturated heterocycles. The molecule has 2 aromatic rings. The first kappa shape index (κ1) is 26.3. The lowest BCUT2D eigenvalue weighted by atomic mass is 10.1. The number of anilines is 2. The Hall–Kier alpha value is -3.27. The molecule has 0 radical (unpaired) electrons. The van der Waals surface area contributed by atoms with E-state index in [0.29, 0.717) is 16.4 Å². The molecule has 35 heavy (non-hydrogen) atoms. The minimum absolute atomic E-state index is 0.0171. The maximum absolute atomic E-state index is 14.0. The first-order chi connectivity index (χ1) is 16.1. The smallest absolute Gasteiger partial charge is 0.274 e. The van der Waals surface area contributed by atoms with Crippen LogP contribution < -0.4 is 4.31 Å². The molecule has 1 amide bonds. The number of rotatable bonds is 6. The second kappa shape index (κ2) is 9.41. The summed E-state index contributed by atoms with van der Waals surface area (Å²) in [7, 11) is 0. The van der Waals surface area contributed by atoms with Crippen molar-refractivity contribution in [1.29, 1.82) is 0 Å². The highest BCUT2D eigenvalue weighted by Crippen LogP contribution is 2.51. The second-order valence-electron chi connectivity index (χ2n) is 7.01. The molecule has 0 atom stereocenters. The van der Waals surface area contributed by atoms with E-state index in [0.717, 1.165) is 10.4 Å². The summed E-state index contributed by atoms with van der Waals surface area (Å²) in [6.45, 7) is -0.0291. The van der Waals surface area contributed by atoms with Gasteiger partial charge in [0.25, 0.3) is 5.69 Å². The zero-order valence-electron chi connectivity index (χ0n) is 16.9. The summed E-state index contributed by atoms with van der Waals surface area (Å²) in [5.74, 6) is -0.596. The summed E-state index contributed by atoms with van der Waals surface area (Å²) in [5.41, 5.74) is -8.02. The van der Waals surface area contributed by atoms with Gasteiger partial charge in [-0.25, -0.2) is 0 Å². The number of alkyl halides is 6. The molecule has 0 saturated carbocycles. The van der Waals surface area contributed by atoms with Crippen LogP contribution in [0.4, 0.5) is 49.1 Å². The minimum atomic E-state index is -5.42. The van der Waals surface area contributed by atoms with E-state index in [1.807, 2.05) is 0 Å². The number of nitro groups is 2. The molecule has 0 spiro atoms. The fourth-order valence-corrected chi connectivity index (χ4v) is 4.49. The first-order valence-electron chi connectivity index (χ1n) is 9.30. The number of nitrogens with zero attached hydrogens (tertiary/aromatic N) is 4. The summed E-state index contributed by atoms with van der Waals surface area (Å²) in [6.07, 6.45) is -10.1. The quantitative estimate of drug-likeness (QED) is 0.176. The molecule has 0 aliphatic carbocycles. The highest BCUT2D eigenvalue weighted by Gasteiger charge is 2.44. The average molecular weight is 545 g/mol. The number of amides is 1. The maximum Gasteiger partial charge on any atom is 0.418 e. The van der Waals surface area contributed by atoms with E-state index in [2.05, 4.69) is 0 Å². The van der Waals surface area contributed by atoms with Crippen LogP contribution in [0.25, 0.3) is 0 Å². The van der Waals surface area contributed by atoms with E-state index in [1.165, 1.54) is 0 Å². The summed E-state index contributed by atoms with van der Waals surface area (Å²) >= 11 is 6.18. The Morgan fingerprint density at radius 3 is 2.14 bits per heavy atom. The number of benzene rings is 2. The molecule has 3 rings (SSSR count). The van der Waals surface area contributed by atoms with Crippen LogP contribution >= 0.6 is 23.7 Å². The van der Waals surface area contributed by atoms with Crippen molar-refractivity contribution in [3.05, 3.63) is 66.7 Å². The predicted molar refractivity (Wildman–Crippen MR) is 112 cm³/mol. The molecule has 0 unspecified atom stereocenters. The fourth-order valence-electron chi connectivity index (χ4n) is 3.14. The van der Waals surface area contributed by atoms with Gasteiger partial charge in [0, 0.05) is 19.0 Å². The average Bonchev–Trinajstić information content (AvgIpc) is 3.14. The van der Waals surface area contributed by atoms with Crippen molar-refractivity contribution in [2.75, 3.05) is 10.8 Å². The zero-order chi connectivity index (χ0) is 26.3. The van der Waals surface area contributed by atoms with Gasteiger partial charge in [0.05, 0.1) is 49.9 Å². The van der Waals surface area contributed by atoms with Gasteiger partial charge in [-0.05, 0) is 24.6 Å². The van der Waals surface area contributed by atoms with Gasteiger partial charge in [-0.1, -0.05) is 11.6 Å². The third-order valence-electron chi connectivity index (χ3n) is 4.69. The Morgan fingerprint density at radius 2 is 1.66 bits per heavy atom. The summed E-state index contributed by atoms with van der Waals surface area (Å²) in [5, 5.41) is 22.3. The molecule has 2 aromatic carbocycles. The number of hydrogen-bond donors (Lipinski definition) is 0. The Labute approximate surface area is 200 Å². The van der Waals surface area contributed by atoms with E-state index in [1.54, 1.807) is 0 Å². The summed E-state index contributed by atoms with van der Waals surface area (Å²) in [4.78, 5) is 32.4. The van der Waals surface area contributed by atoms with Gasteiger partial charge in [0.15, 0.2) is 0 Å². The van der Waals surface area contributed by atoms with E-state index in [-0.39, 0.29) is 43.7 Å². The van der Waals surface area contributed by atoms with Crippen LogP contribution in [0.15, 0.2) is 30.3 Å². The molecule has 17 heteroatoms. The largest absolute Gasteiger partial charge is 0.418 e. The molecule has 1 aliphatic heterocycles. The standard InChI is InChI=1S/C18H11ClF6N4O5S/c19-12-4-3-9(17(20,21)22)6-13(12)27(35-26-5-1-2-15(26)30)16-11(18(23,24)25)7-10(28(31)32)8-14(16)29(33)34/h3-4,6-8H,1-2,5H2.